The molecule has 0 spiro atoms. The van der Waals surface area contributed by atoms with E-state index in [4.69, 9.17) is 10.4 Å². The molecule has 0 atom stereocenters. The van der Waals surface area contributed by atoms with Crippen molar-refractivity contribution in [1.29, 1.82) is 0 Å². The highest BCUT2D eigenvalue weighted by Crippen LogP contribution is 2.18. The molecule has 1 aromatic heterocycles. The molecule has 0 aromatic carbocycles. The minimum absolute atomic E-state index is 0.444. The van der Waals surface area contributed by atoms with E-state index < -0.39 is 0 Å². The van der Waals surface area contributed by atoms with E-state index >= 15 is 0 Å². The van der Waals surface area contributed by atoms with Crippen LogP contribution in [0.4, 0.5) is 0 Å². The van der Waals surface area contributed by atoms with Crippen LogP contribution in [0.1, 0.15) is 18.6 Å². The predicted molar refractivity (Wildman–Crippen MR) is 51.1 cm³/mol. The van der Waals surface area contributed by atoms with Crippen LogP contribution in [0.2, 0.25) is 0 Å². The number of nitrogens with zero attached hydrogens (tertiary/aromatic N) is 2. The summed E-state index contributed by atoms with van der Waals surface area (Å²) in [6, 6.07) is 2.30. The quantitative estimate of drug-likeness (QED) is 0.268. The minimum Gasteiger partial charge on any atom is -0.359 e. The summed E-state index contributed by atoms with van der Waals surface area (Å²) >= 11 is 0. The number of guanidine groups is 1. The van der Waals surface area contributed by atoms with Crippen molar-refractivity contribution in [3.63, 3.8) is 0 Å². The number of hydrogen-bond donors (Lipinski definition) is 3. The van der Waals surface area contributed by atoms with Gasteiger partial charge in [-0.3, -0.25) is 5.43 Å². The molecule has 1 aromatic rings. The van der Waals surface area contributed by atoms with Crippen LogP contribution in [0.3, 0.4) is 0 Å². The summed E-state index contributed by atoms with van der Waals surface area (Å²) in [5.74, 6) is 6.62. The van der Waals surface area contributed by atoms with Crippen molar-refractivity contribution < 1.29 is 4.52 Å². The van der Waals surface area contributed by atoms with Crippen LogP contribution < -0.4 is 16.6 Å². The van der Waals surface area contributed by atoms with E-state index in [-0.39, 0.29) is 0 Å². The number of nitrogens with two attached hydrogens (primary N) is 1. The van der Waals surface area contributed by atoms with Gasteiger partial charge in [0.2, 0.25) is 5.96 Å². The Morgan fingerprint density at radius 2 is 2.57 bits per heavy atom. The molecule has 4 N–H and O–H groups in total. The molecule has 1 aliphatic rings. The molecule has 0 aliphatic heterocycles. The predicted octanol–water partition coefficient (Wildman–Crippen LogP) is -0.254. The molecule has 14 heavy (non-hydrogen) atoms. The maximum atomic E-state index is 5.30. The van der Waals surface area contributed by atoms with Crippen molar-refractivity contribution in [1.82, 2.24) is 15.9 Å². The molecule has 0 saturated heterocycles. The molecular weight excluding hydrogens is 182 g/mol. The zero-order valence-corrected chi connectivity index (χ0v) is 7.73. The Balaban J connectivity index is 1.86. The van der Waals surface area contributed by atoms with Crippen LogP contribution in [0.5, 0.6) is 0 Å². The molecule has 0 amide bonds. The standard InChI is InChI=1S/C8H13N5O/c9-13-8(12-6-1-2-6)10-5-7-3-4-11-14-7/h3-4,6H,1-2,5,9H2,(H2,10,12,13). The highest BCUT2D eigenvalue weighted by atomic mass is 16.5. The summed E-state index contributed by atoms with van der Waals surface area (Å²) in [5.41, 5.74) is 2.51. The van der Waals surface area contributed by atoms with Gasteiger partial charge in [0.15, 0.2) is 5.76 Å². The number of aromatic nitrogens is 1. The molecule has 6 nitrogen and oxygen atoms in total. The molecule has 76 valence electrons. The zero-order chi connectivity index (χ0) is 9.80. The molecule has 1 heterocycles. The lowest BCUT2D eigenvalue weighted by atomic mass is 10.5. The highest BCUT2D eigenvalue weighted by Gasteiger charge is 2.21. The zero-order valence-electron chi connectivity index (χ0n) is 7.73. The van der Waals surface area contributed by atoms with E-state index in [1.54, 1.807) is 12.3 Å². The third-order valence-corrected chi connectivity index (χ3v) is 1.94. The fourth-order valence-corrected chi connectivity index (χ4v) is 1.03. The van der Waals surface area contributed by atoms with Gasteiger partial charge in [0.25, 0.3) is 0 Å². The normalized spacial score (nSPS) is 16.8. The lowest BCUT2D eigenvalue weighted by Crippen LogP contribution is -2.42. The molecule has 6 heteroatoms. The lowest BCUT2D eigenvalue weighted by Gasteiger charge is -2.06. The van der Waals surface area contributed by atoms with Crippen molar-refractivity contribution in [2.24, 2.45) is 10.8 Å². The number of hydrazine groups is 1. The number of nitrogens with one attached hydrogen (secondary N) is 2. The average molecular weight is 195 g/mol. The molecule has 2 rings (SSSR count). The second-order valence-electron chi connectivity index (χ2n) is 3.21. The first kappa shape index (κ1) is 9.01. The second kappa shape index (κ2) is 4.10. The first-order valence-electron chi connectivity index (χ1n) is 4.55. The van der Waals surface area contributed by atoms with Gasteiger partial charge in [-0.25, -0.2) is 10.8 Å². The van der Waals surface area contributed by atoms with E-state index in [1.807, 2.05) is 0 Å². The maximum Gasteiger partial charge on any atom is 0.206 e. The Bertz CT molecular complexity index is 304. The van der Waals surface area contributed by atoms with E-state index in [0.717, 1.165) is 5.76 Å². The van der Waals surface area contributed by atoms with Gasteiger partial charge in [-0.05, 0) is 12.8 Å². The molecule has 1 saturated carbocycles. The summed E-state index contributed by atoms with van der Waals surface area (Å²) in [5, 5.41) is 6.74. The van der Waals surface area contributed by atoms with Gasteiger partial charge in [0, 0.05) is 12.1 Å². The summed E-state index contributed by atoms with van der Waals surface area (Å²) in [4.78, 5) is 4.20. The fraction of sp³-hybridized carbons (Fsp3) is 0.500. The Morgan fingerprint density at radius 3 is 3.14 bits per heavy atom. The van der Waals surface area contributed by atoms with Crippen LogP contribution in [0.25, 0.3) is 0 Å². The average Bonchev–Trinajstić information content (AvgIpc) is 2.86. The molecule has 1 aliphatic carbocycles. The molecule has 1 fully saturated rings. The molecule has 0 radical (unpaired) electrons. The Kier molecular flexibility index (Phi) is 2.64. The number of hydrogen-bond acceptors (Lipinski definition) is 4. The monoisotopic (exact) mass is 195 g/mol. The van der Waals surface area contributed by atoms with Crippen LogP contribution >= 0.6 is 0 Å². The van der Waals surface area contributed by atoms with Crippen LogP contribution in [0.15, 0.2) is 21.8 Å². The molecule has 0 bridgehead atoms. The second-order valence-corrected chi connectivity index (χ2v) is 3.21. The lowest BCUT2D eigenvalue weighted by molar-refractivity contribution is 0.385. The van der Waals surface area contributed by atoms with Crippen LogP contribution in [-0.2, 0) is 6.54 Å². The topological polar surface area (TPSA) is 88.5 Å². The Morgan fingerprint density at radius 1 is 1.71 bits per heavy atom. The highest BCUT2D eigenvalue weighted by molar-refractivity contribution is 5.79. The molecule has 0 unspecified atom stereocenters. The van der Waals surface area contributed by atoms with Gasteiger partial charge in [0.1, 0.15) is 6.54 Å². The van der Waals surface area contributed by atoms with E-state index in [9.17, 15) is 0 Å². The third kappa shape index (κ3) is 2.46. The smallest absolute Gasteiger partial charge is 0.206 e. The van der Waals surface area contributed by atoms with E-state index in [2.05, 4.69) is 20.9 Å². The van der Waals surface area contributed by atoms with Crippen molar-refractivity contribution >= 4 is 5.96 Å². The van der Waals surface area contributed by atoms with Gasteiger partial charge in [-0.15, -0.1) is 0 Å². The summed E-state index contributed by atoms with van der Waals surface area (Å²) in [6.45, 7) is 0.444. The van der Waals surface area contributed by atoms with E-state index in [1.165, 1.54) is 12.8 Å². The summed E-state index contributed by atoms with van der Waals surface area (Å²) < 4.78 is 4.90. The largest absolute Gasteiger partial charge is 0.359 e. The van der Waals surface area contributed by atoms with Gasteiger partial charge in [-0.1, -0.05) is 5.16 Å². The fourth-order valence-electron chi connectivity index (χ4n) is 1.03. The van der Waals surface area contributed by atoms with Gasteiger partial charge < -0.3 is 9.84 Å². The summed E-state index contributed by atoms with van der Waals surface area (Å²) in [6.07, 6.45) is 3.96. The SMILES string of the molecule is NNC(=NCc1ccno1)NC1CC1. The van der Waals surface area contributed by atoms with Crippen molar-refractivity contribution in [2.45, 2.75) is 25.4 Å². The Hall–Kier alpha value is -1.56. The van der Waals surface area contributed by atoms with Crippen LogP contribution in [0, 0.1) is 0 Å². The summed E-state index contributed by atoms with van der Waals surface area (Å²) in [7, 11) is 0. The first-order chi connectivity index (χ1) is 6.88. The number of rotatable bonds is 3. The third-order valence-electron chi connectivity index (χ3n) is 1.94. The molecular formula is C8H13N5O. The van der Waals surface area contributed by atoms with Crippen LogP contribution in [-0.4, -0.2) is 17.2 Å². The van der Waals surface area contributed by atoms with Crippen molar-refractivity contribution in [3.8, 4) is 0 Å². The van der Waals surface area contributed by atoms with E-state index in [0.29, 0.717) is 18.5 Å². The van der Waals surface area contributed by atoms with Crippen molar-refractivity contribution in [2.75, 3.05) is 0 Å². The van der Waals surface area contributed by atoms with Gasteiger partial charge >= 0.3 is 0 Å². The van der Waals surface area contributed by atoms with Gasteiger partial charge in [0.05, 0.1) is 6.20 Å². The first-order valence-corrected chi connectivity index (χ1v) is 4.55. The number of aliphatic imine (C=N–C) groups is 1. The minimum atomic E-state index is 0.444. The Labute approximate surface area is 81.5 Å². The maximum absolute atomic E-state index is 5.30. The van der Waals surface area contributed by atoms with Gasteiger partial charge in [-0.2, -0.15) is 0 Å². The van der Waals surface area contributed by atoms with Crippen molar-refractivity contribution in [3.05, 3.63) is 18.0 Å².